The van der Waals surface area contributed by atoms with E-state index in [-0.39, 0.29) is 11.9 Å². The van der Waals surface area contributed by atoms with Crippen LogP contribution >= 0.6 is 12.2 Å². The second-order valence-corrected chi connectivity index (χ2v) is 6.41. The quantitative estimate of drug-likeness (QED) is 0.794. The van der Waals surface area contributed by atoms with Gasteiger partial charge in [0.05, 0.1) is 14.2 Å². The molecule has 1 saturated heterocycles. The minimum Gasteiger partial charge on any atom is -0.493 e. The smallest absolute Gasteiger partial charge is 0.252 e. The third kappa shape index (κ3) is 1.90. The van der Waals surface area contributed by atoms with Crippen molar-refractivity contribution in [3.63, 3.8) is 0 Å². The Morgan fingerprint density at radius 2 is 1.77 bits per heavy atom. The Labute approximate surface area is 134 Å². The van der Waals surface area contributed by atoms with E-state index in [9.17, 15) is 4.79 Å². The number of fused-ring (bicyclic) bond motifs is 2. The topological polar surface area (TPSA) is 42.0 Å². The van der Waals surface area contributed by atoms with E-state index in [4.69, 9.17) is 21.7 Å². The molecule has 0 aromatic heterocycles. The van der Waals surface area contributed by atoms with E-state index in [1.807, 2.05) is 17.0 Å². The number of thiocarbonyl (C=S) groups is 1. The maximum absolute atomic E-state index is 12.7. The second kappa shape index (κ2) is 4.84. The average molecular weight is 318 g/mol. The van der Waals surface area contributed by atoms with Crippen LogP contribution in [0.5, 0.6) is 11.5 Å². The lowest BCUT2D eigenvalue weighted by molar-refractivity contribution is -0.128. The molecule has 0 spiro atoms. The molecular weight excluding hydrogens is 300 g/mol. The molecule has 0 N–H and O–H groups in total. The highest BCUT2D eigenvalue weighted by Crippen LogP contribution is 2.39. The molecule has 1 atom stereocenters. The van der Waals surface area contributed by atoms with Crippen LogP contribution in [0.25, 0.3) is 0 Å². The zero-order valence-corrected chi connectivity index (χ0v) is 13.5. The van der Waals surface area contributed by atoms with Crippen LogP contribution in [0, 0.1) is 0 Å². The Hall–Kier alpha value is -1.82. The van der Waals surface area contributed by atoms with Crippen molar-refractivity contribution in [2.75, 3.05) is 14.2 Å². The van der Waals surface area contributed by atoms with Gasteiger partial charge in [-0.15, -0.1) is 0 Å². The van der Waals surface area contributed by atoms with Crippen LogP contribution in [-0.4, -0.2) is 47.1 Å². The zero-order valence-electron chi connectivity index (χ0n) is 12.7. The Morgan fingerprint density at radius 3 is 2.36 bits per heavy atom. The zero-order chi connectivity index (χ0) is 15.4. The number of amides is 1. The minimum absolute atomic E-state index is 0.154. The number of carbonyl (C=O) groups is 1. The molecule has 1 aromatic rings. The molecule has 1 aliphatic carbocycles. The number of carbonyl (C=O) groups excluding carboxylic acids is 1. The fraction of sp³-hybridized carbons (Fsp3) is 0.500. The van der Waals surface area contributed by atoms with E-state index in [1.165, 1.54) is 0 Å². The molecule has 1 saturated carbocycles. The monoisotopic (exact) mass is 318 g/mol. The number of hydrogen-bond acceptors (Lipinski definition) is 4. The van der Waals surface area contributed by atoms with E-state index >= 15 is 0 Å². The van der Waals surface area contributed by atoms with Crippen molar-refractivity contribution >= 4 is 23.2 Å². The van der Waals surface area contributed by atoms with Crippen molar-refractivity contribution in [2.45, 2.75) is 37.9 Å². The van der Waals surface area contributed by atoms with Gasteiger partial charge in [-0.25, -0.2) is 0 Å². The van der Waals surface area contributed by atoms with Gasteiger partial charge < -0.3 is 14.4 Å². The molecule has 3 aliphatic rings. The number of benzene rings is 1. The molecular formula is C16H18N2O3S. The lowest BCUT2D eigenvalue weighted by Gasteiger charge is -2.31. The first-order valence-electron chi connectivity index (χ1n) is 7.51. The molecule has 2 heterocycles. The largest absolute Gasteiger partial charge is 0.493 e. The Kier molecular flexibility index (Phi) is 3.04. The van der Waals surface area contributed by atoms with Crippen molar-refractivity contribution in [3.8, 4) is 11.5 Å². The van der Waals surface area contributed by atoms with Gasteiger partial charge in [0.1, 0.15) is 6.04 Å². The summed E-state index contributed by atoms with van der Waals surface area (Å²) in [6, 6.07) is 4.16. The SMILES string of the molecule is COc1cc2c(cc1OC)CN1C(=S)N(C3CC3)C(=O)[C@@H]1C2. The molecule has 4 rings (SSSR count). The highest BCUT2D eigenvalue weighted by Gasteiger charge is 2.49. The van der Waals surface area contributed by atoms with Gasteiger partial charge in [-0.05, 0) is 48.3 Å². The molecule has 1 aromatic carbocycles. The molecule has 6 heteroatoms. The van der Waals surface area contributed by atoms with Crippen LogP contribution in [-0.2, 0) is 17.8 Å². The number of rotatable bonds is 3. The molecule has 0 bridgehead atoms. The summed E-state index contributed by atoms with van der Waals surface area (Å²) in [4.78, 5) is 16.6. The first-order chi connectivity index (χ1) is 10.6. The summed E-state index contributed by atoms with van der Waals surface area (Å²) in [6.07, 6.45) is 2.82. The Balaban J connectivity index is 1.70. The summed E-state index contributed by atoms with van der Waals surface area (Å²) in [5.41, 5.74) is 2.30. The number of hydrogen-bond donors (Lipinski definition) is 0. The summed E-state index contributed by atoms with van der Waals surface area (Å²) < 4.78 is 10.7. The minimum atomic E-state index is -0.154. The maximum Gasteiger partial charge on any atom is 0.252 e. The molecule has 0 unspecified atom stereocenters. The average Bonchev–Trinajstić information content (AvgIpc) is 3.33. The van der Waals surface area contributed by atoms with Gasteiger partial charge in [0, 0.05) is 19.0 Å². The Bertz CT molecular complexity index is 621. The van der Waals surface area contributed by atoms with Crippen LogP contribution in [0.1, 0.15) is 24.0 Å². The number of nitrogens with zero attached hydrogens (tertiary/aromatic N) is 2. The van der Waals surface area contributed by atoms with Crippen molar-refractivity contribution in [1.29, 1.82) is 0 Å². The van der Waals surface area contributed by atoms with E-state index < -0.39 is 0 Å². The molecule has 0 radical (unpaired) electrons. The predicted molar refractivity (Wildman–Crippen MR) is 85.0 cm³/mol. The van der Waals surface area contributed by atoms with E-state index in [2.05, 4.69) is 4.90 Å². The lowest BCUT2D eigenvalue weighted by atomic mass is 9.94. The van der Waals surface area contributed by atoms with Crippen molar-refractivity contribution in [2.24, 2.45) is 0 Å². The second-order valence-electron chi connectivity index (χ2n) is 6.05. The fourth-order valence-corrected chi connectivity index (χ4v) is 3.83. The summed E-state index contributed by atoms with van der Waals surface area (Å²) in [7, 11) is 3.26. The fourth-order valence-electron chi connectivity index (χ4n) is 3.40. The molecule has 22 heavy (non-hydrogen) atoms. The van der Waals surface area contributed by atoms with E-state index in [0.29, 0.717) is 29.9 Å². The van der Waals surface area contributed by atoms with E-state index in [0.717, 1.165) is 29.7 Å². The summed E-state index contributed by atoms with van der Waals surface area (Å²) >= 11 is 5.55. The van der Waals surface area contributed by atoms with Gasteiger partial charge in [-0.1, -0.05) is 0 Å². The van der Waals surface area contributed by atoms with Gasteiger partial charge >= 0.3 is 0 Å². The van der Waals surface area contributed by atoms with Crippen molar-refractivity contribution in [1.82, 2.24) is 9.80 Å². The number of methoxy groups -OCH3 is 2. The number of ether oxygens (including phenoxy) is 2. The lowest BCUT2D eigenvalue weighted by Crippen LogP contribution is -2.40. The third-order valence-electron chi connectivity index (χ3n) is 4.72. The van der Waals surface area contributed by atoms with Gasteiger partial charge in [-0.2, -0.15) is 0 Å². The van der Waals surface area contributed by atoms with Crippen LogP contribution in [0.4, 0.5) is 0 Å². The van der Waals surface area contributed by atoms with Crippen molar-refractivity contribution in [3.05, 3.63) is 23.3 Å². The van der Waals surface area contributed by atoms with Crippen LogP contribution in [0.3, 0.4) is 0 Å². The predicted octanol–water partition coefficient (Wildman–Crippen LogP) is 1.72. The van der Waals surface area contributed by atoms with E-state index in [1.54, 1.807) is 14.2 Å². The maximum atomic E-state index is 12.7. The highest BCUT2D eigenvalue weighted by atomic mass is 32.1. The molecule has 5 nitrogen and oxygen atoms in total. The van der Waals surface area contributed by atoms with Gasteiger partial charge in [-0.3, -0.25) is 9.69 Å². The highest BCUT2D eigenvalue weighted by molar-refractivity contribution is 7.80. The van der Waals surface area contributed by atoms with Crippen LogP contribution in [0.15, 0.2) is 12.1 Å². The third-order valence-corrected chi connectivity index (χ3v) is 5.15. The molecule has 116 valence electrons. The van der Waals surface area contributed by atoms with Gasteiger partial charge in [0.25, 0.3) is 5.91 Å². The van der Waals surface area contributed by atoms with Gasteiger partial charge in [0.15, 0.2) is 16.6 Å². The molecule has 2 fully saturated rings. The van der Waals surface area contributed by atoms with Crippen LogP contribution < -0.4 is 9.47 Å². The normalized spacial score (nSPS) is 23.5. The van der Waals surface area contributed by atoms with Gasteiger partial charge in [0.2, 0.25) is 0 Å². The van der Waals surface area contributed by atoms with Crippen molar-refractivity contribution < 1.29 is 14.3 Å². The summed E-state index contributed by atoms with van der Waals surface area (Å²) in [5, 5.41) is 0.693. The Morgan fingerprint density at radius 1 is 1.14 bits per heavy atom. The first-order valence-corrected chi connectivity index (χ1v) is 7.92. The summed E-state index contributed by atoms with van der Waals surface area (Å²) in [5.74, 6) is 1.59. The molecule has 1 amide bonds. The molecule has 2 aliphatic heterocycles. The first kappa shape index (κ1) is 13.8. The van der Waals surface area contributed by atoms with Crippen LogP contribution in [0.2, 0.25) is 0 Å². The standard InChI is InChI=1S/C16H18N2O3S/c1-20-13-6-9-5-12-15(19)18(11-3-4-11)16(22)17(12)8-10(9)7-14(13)21-2/h6-7,11-12H,3-5,8H2,1-2H3/t12-/m0/s1. The summed E-state index contributed by atoms with van der Waals surface area (Å²) in [6.45, 7) is 0.661.